The van der Waals surface area contributed by atoms with E-state index in [1.807, 2.05) is 0 Å². The standard InChI is InChI=1S/C6H6BClO2S/c1-5-3-2-4-7-6(5)11(8,9)10/h2-4H,1H3. The van der Waals surface area contributed by atoms with Crippen molar-refractivity contribution in [3.05, 3.63) is 23.7 Å². The Morgan fingerprint density at radius 1 is 1.55 bits per heavy atom. The van der Waals surface area contributed by atoms with Crippen LogP contribution in [0.25, 0.3) is 0 Å². The summed E-state index contributed by atoms with van der Waals surface area (Å²) in [7, 11) is 1.57. The number of hydrogen-bond acceptors (Lipinski definition) is 2. The first-order valence-electron chi connectivity index (χ1n) is 3.02. The van der Waals surface area contributed by atoms with Gasteiger partial charge in [-0.15, -0.1) is 0 Å². The third-order valence-electron chi connectivity index (χ3n) is 1.36. The van der Waals surface area contributed by atoms with E-state index < -0.39 is 9.05 Å². The van der Waals surface area contributed by atoms with E-state index in [9.17, 15) is 8.42 Å². The summed E-state index contributed by atoms with van der Waals surface area (Å²) in [6.07, 6.45) is 0. The summed E-state index contributed by atoms with van der Waals surface area (Å²) >= 11 is 0. The van der Waals surface area contributed by atoms with Gasteiger partial charge in [-0.3, -0.25) is 0 Å². The molecule has 11 heavy (non-hydrogen) atoms. The molecule has 0 unspecified atom stereocenters. The molecule has 0 aliphatic heterocycles. The van der Waals surface area contributed by atoms with Crippen LogP contribution in [0.3, 0.4) is 0 Å². The van der Waals surface area contributed by atoms with E-state index in [-0.39, 0.29) is 4.79 Å². The summed E-state index contributed by atoms with van der Waals surface area (Å²) in [6, 6.07) is 3.47. The number of hydrogen-bond donors (Lipinski definition) is 0. The Kier molecular flexibility index (Phi) is 2.35. The van der Waals surface area contributed by atoms with Crippen LogP contribution in [0.4, 0.5) is 0 Å². The van der Waals surface area contributed by atoms with Crippen LogP contribution in [0, 0.1) is 6.92 Å². The molecule has 0 saturated carbocycles. The van der Waals surface area contributed by atoms with Gasteiger partial charge in [-0.25, -0.2) is 0 Å². The van der Waals surface area contributed by atoms with Crippen LogP contribution in [-0.4, -0.2) is 15.3 Å². The second-order valence-corrected chi connectivity index (χ2v) is 4.74. The molecule has 0 fully saturated rings. The van der Waals surface area contributed by atoms with Gasteiger partial charge in [0.25, 0.3) is 0 Å². The summed E-state index contributed by atoms with van der Waals surface area (Å²) in [6.45, 7) is 3.19. The Labute approximate surface area is 70.8 Å². The van der Waals surface area contributed by atoms with Crippen molar-refractivity contribution in [3.63, 3.8) is 0 Å². The third kappa shape index (κ3) is 2.04. The Morgan fingerprint density at radius 3 is 2.55 bits per heavy atom. The van der Waals surface area contributed by atoms with Gasteiger partial charge in [-0.1, -0.05) is 0 Å². The monoisotopic (exact) mass is 188 g/mol. The minimum atomic E-state index is -3.56. The molecule has 0 aliphatic carbocycles. The first-order chi connectivity index (χ1) is 5.02. The molecule has 1 aromatic rings. The van der Waals surface area contributed by atoms with Crippen molar-refractivity contribution >= 4 is 26.6 Å². The third-order valence-corrected chi connectivity index (χ3v) is 2.84. The Bertz CT molecular complexity index is 361. The van der Waals surface area contributed by atoms with Crippen LogP contribution in [0.2, 0.25) is 0 Å². The van der Waals surface area contributed by atoms with Gasteiger partial charge in [-0.05, 0) is 0 Å². The van der Waals surface area contributed by atoms with E-state index >= 15 is 0 Å². The van der Waals surface area contributed by atoms with Crippen molar-refractivity contribution in [1.29, 1.82) is 0 Å². The van der Waals surface area contributed by atoms with Gasteiger partial charge in [0.15, 0.2) is 0 Å². The van der Waals surface area contributed by atoms with Crippen molar-refractivity contribution in [2.75, 3.05) is 0 Å². The van der Waals surface area contributed by atoms with E-state index in [2.05, 4.69) is 0 Å². The van der Waals surface area contributed by atoms with Gasteiger partial charge in [0, 0.05) is 0 Å². The molecule has 0 bridgehead atoms. The zero-order chi connectivity index (χ0) is 8.48. The van der Waals surface area contributed by atoms with Crippen LogP contribution in [0.1, 0.15) is 5.56 Å². The quantitative estimate of drug-likeness (QED) is 0.622. The van der Waals surface area contributed by atoms with Gasteiger partial charge in [0.05, 0.1) is 0 Å². The molecule has 2 nitrogen and oxygen atoms in total. The summed E-state index contributed by atoms with van der Waals surface area (Å²) in [5.74, 6) is 1.64. The molecule has 0 aliphatic rings. The molecule has 0 atom stereocenters. The van der Waals surface area contributed by atoms with Crippen molar-refractivity contribution in [3.8, 4) is 0 Å². The maximum atomic E-state index is 10.8. The molecule has 58 valence electrons. The molecule has 0 N–H and O–H groups in total. The molecule has 0 aromatic carbocycles. The summed E-state index contributed by atoms with van der Waals surface area (Å²) in [5.41, 5.74) is 0.669. The van der Waals surface area contributed by atoms with Gasteiger partial charge in [-0.2, -0.15) is 0 Å². The fraction of sp³-hybridized carbons (Fsp3) is 0.167. The average Bonchev–Trinajstić information content (AvgIpc) is 1.86. The van der Waals surface area contributed by atoms with E-state index in [4.69, 9.17) is 10.7 Å². The number of rotatable bonds is 1. The van der Waals surface area contributed by atoms with Crippen molar-refractivity contribution in [2.45, 2.75) is 11.7 Å². The fourth-order valence-corrected chi connectivity index (χ4v) is 2.04. The first kappa shape index (κ1) is 8.75. The van der Waals surface area contributed by atoms with Gasteiger partial charge in [0.1, 0.15) is 0 Å². The van der Waals surface area contributed by atoms with E-state index in [1.165, 1.54) is 6.91 Å². The average molecular weight is 188 g/mol. The summed E-state index contributed by atoms with van der Waals surface area (Å²) in [5, 5.41) is 0. The molecule has 0 radical (unpaired) electrons. The normalized spacial score (nSPS) is 11.1. The van der Waals surface area contributed by atoms with E-state index in [1.54, 1.807) is 25.0 Å². The van der Waals surface area contributed by atoms with Gasteiger partial charge in [0.2, 0.25) is 0 Å². The second-order valence-electron chi connectivity index (χ2n) is 2.20. The molecule has 0 spiro atoms. The van der Waals surface area contributed by atoms with Crippen LogP contribution < -0.4 is 0 Å². The molecule has 0 saturated heterocycles. The number of aryl methyl sites for hydroxylation is 1. The predicted octanol–water partition coefficient (Wildman–Crippen LogP) is 1.26. The summed E-state index contributed by atoms with van der Waals surface area (Å²) in [4.78, 5) is 0.182. The zero-order valence-corrected chi connectivity index (χ0v) is 7.48. The van der Waals surface area contributed by atoms with Crippen LogP contribution >= 0.6 is 10.7 Å². The Hall–Kier alpha value is -0.345. The van der Waals surface area contributed by atoms with E-state index in [0.29, 0.717) is 5.56 Å². The first-order valence-corrected chi connectivity index (χ1v) is 5.33. The molecule has 1 aromatic heterocycles. The fourth-order valence-electron chi connectivity index (χ4n) is 0.830. The van der Waals surface area contributed by atoms with Crippen LogP contribution in [0.15, 0.2) is 22.9 Å². The van der Waals surface area contributed by atoms with Gasteiger partial charge < -0.3 is 0 Å². The molecular formula is C6H6BClO2S. The minimum absolute atomic E-state index is 0.182. The van der Waals surface area contributed by atoms with E-state index in [0.717, 1.165) is 0 Å². The topological polar surface area (TPSA) is 34.1 Å². The predicted molar refractivity (Wildman–Crippen MR) is 45.6 cm³/mol. The molecule has 0 amide bonds. The number of halogens is 1. The van der Waals surface area contributed by atoms with Crippen LogP contribution in [0.5, 0.6) is 0 Å². The second kappa shape index (κ2) is 2.95. The van der Waals surface area contributed by atoms with Crippen LogP contribution in [-0.2, 0) is 9.05 Å². The summed E-state index contributed by atoms with van der Waals surface area (Å²) < 4.78 is 21.6. The SMILES string of the molecule is Cc1cccbc1S(=O)(=O)Cl. The van der Waals surface area contributed by atoms with Crippen molar-refractivity contribution < 1.29 is 8.42 Å². The van der Waals surface area contributed by atoms with Crippen molar-refractivity contribution in [1.82, 2.24) is 0 Å². The molecular weight excluding hydrogens is 182 g/mol. The van der Waals surface area contributed by atoms with Gasteiger partial charge >= 0.3 is 70.4 Å². The maximum absolute atomic E-state index is 10.8. The Morgan fingerprint density at radius 2 is 2.18 bits per heavy atom. The van der Waals surface area contributed by atoms with Crippen molar-refractivity contribution in [2.24, 2.45) is 0 Å². The molecule has 1 heterocycles. The molecule has 1 rings (SSSR count). The Balaban J connectivity index is 3.37. The zero-order valence-electron chi connectivity index (χ0n) is 5.91. The molecule has 5 heteroatoms.